The normalized spacial score (nSPS) is 14.0. The van der Waals surface area contributed by atoms with Crippen LogP contribution in [0.4, 0.5) is 5.69 Å². The molecule has 0 unspecified atom stereocenters. The van der Waals surface area contributed by atoms with E-state index >= 15 is 0 Å². The summed E-state index contributed by atoms with van der Waals surface area (Å²) in [6.07, 6.45) is 1.93. The number of hydrogen-bond donors (Lipinski definition) is 1. The third-order valence-corrected chi connectivity index (χ3v) is 2.16. The van der Waals surface area contributed by atoms with E-state index in [1.807, 2.05) is 29.8 Å². The summed E-state index contributed by atoms with van der Waals surface area (Å²) in [4.78, 5) is 1.17. The first-order valence-electron chi connectivity index (χ1n) is 3.06. The van der Waals surface area contributed by atoms with Crippen LogP contribution in [-0.2, 0) is 0 Å². The van der Waals surface area contributed by atoms with Gasteiger partial charge in [0.05, 0.1) is 5.69 Å². The third kappa shape index (κ3) is 0.907. The van der Waals surface area contributed by atoms with Crippen LogP contribution in [-0.4, -0.2) is 0 Å². The molecule has 1 radical (unpaired) electrons. The fourth-order valence-electron chi connectivity index (χ4n) is 0.859. The predicted octanol–water partition coefficient (Wildman–Crippen LogP) is 2.48. The Kier molecular flexibility index (Phi) is 1.40. The summed E-state index contributed by atoms with van der Waals surface area (Å²) in [5.41, 5.74) is 1.15. The molecule has 2 heteroatoms. The van der Waals surface area contributed by atoms with Gasteiger partial charge in [-0.2, -0.15) is 0 Å². The van der Waals surface area contributed by atoms with Gasteiger partial charge in [-0.05, 0) is 17.5 Å². The highest BCUT2D eigenvalue weighted by Gasteiger charge is 2.01. The van der Waals surface area contributed by atoms with Gasteiger partial charge in [0, 0.05) is 11.1 Å². The number of benzene rings is 1. The quantitative estimate of drug-likeness (QED) is 0.606. The van der Waals surface area contributed by atoms with Crippen molar-refractivity contribution < 1.29 is 0 Å². The van der Waals surface area contributed by atoms with Crippen molar-refractivity contribution in [1.82, 2.24) is 0 Å². The van der Waals surface area contributed by atoms with Crippen molar-refractivity contribution in [2.75, 3.05) is 5.32 Å². The van der Waals surface area contributed by atoms with Crippen LogP contribution in [0.15, 0.2) is 34.7 Å². The zero-order valence-corrected chi connectivity index (χ0v) is 6.11. The van der Waals surface area contributed by atoms with E-state index in [9.17, 15) is 0 Å². The molecular weight excluding hydrogens is 142 g/mol. The molecule has 1 aliphatic heterocycles. The van der Waals surface area contributed by atoms with Crippen LogP contribution < -0.4 is 5.32 Å². The second-order valence-corrected chi connectivity index (χ2v) is 2.89. The van der Waals surface area contributed by atoms with Crippen LogP contribution in [0.2, 0.25) is 0 Å². The van der Waals surface area contributed by atoms with Crippen molar-refractivity contribution in [2.24, 2.45) is 0 Å². The molecule has 0 fully saturated rings. The van der Waals surface area contributed by atoms with Gasteiger partial charge < -0.3 is 5.32 Å². The Bertz CT molecular complexity index is 241. The summed E-state index contributed by atoms with van der Waals surface area (Å²) in [5.74, 6) is 0. The molecule has 1 heterocycles. The topological polar surface area (TPSA) is 12.0 Å². The Labute approximate surface area is 64.1 Å². The molecule has 2 rings (SSSR count). The summed E-state index contributed by atoms with van der Waals surface area (Å²) >= 11 is 1.69. The van der Waals surface area contributed by atoms with Crippen LogP contribution in [0, 0.1) is 6.07 Å². The van der Waals surface area contributed by atoms with E-state index < -0.39 is 0 Å². The number of thioether (sulfide) groups is 1. The van der Waals surface area contributed by atoms with Gasteiger partial charge in [0.25, 0.3) is 0 Å². The van der Waals surface area contributed by atoms with Crippen molar-refractivity contribution in [2.45, 2.75) is 4.90 Å². The van der Waals surface area contributed by atoms with Crippen molar-refractivity contribution in [3.8, 4) is 0 Å². The van der Waals surface area contributed by atoms with Crippen LogP contribution >= 0.6 is 11.8 Å². The standard InChI is InChI=1S/C8H6NS/c1-2-4-8-7(3-1)9-5-6-10-8/h1-3,5-6,9H. The molecule has 1 aromatic rings. The maximum absolute atomic E-state index is 3.14. The van der Waals surface area contributed by atoms with Crippen molar-refractivity contribution in [3.05, 3.63) is 35.9 Å². The van der Waals surface area contributed by atoms with Crippen LogP contribution in [0.5, 0.6) is 0 Å². The van der Waals surface area contributed by atoms with Crippen molar-refractivity contribution in [1.29, 1.82) is 0 Å². The second-order valence-electron chi connectivity index (χ2n) is 1.98. The number of fused-ring (bicyclic) bond motifs is 1. The minimum Gasteiger partial charge on any atom is -0.360 e. The Balaban J connectivity index is 2.47. The first kappa shape index (κ1) is 5.86. The molecular formula is C8H6NS. The number of hydrogen-bond acceptors (Lipinski definition) is 2. The van der Waals surface area contributed by atoms with Gasteiger partial charge >= 0.3 is 0 Å². The fourth-order valence-corrected chi connectivity index (χ4v) is 1.52. The number of anilines is 1. The van der Waals surface area contributed by atoms with Crippen LogP contribution in [0.25, 0.3) is 0 Å². The second kappa shape index (κ2) is 2.39. The maximum Gasteiger partial charge on any atom is 0.0527 e. The fraction of sp³-hybridized carbons (Fsp3) is 0. The average molecular weight is 148 g/mol. The molecule has 1 aromatic carbocycles. The van der Waals surface area contributed by atoms with Gasteiger partial charge in [-0.15, -0.1) is 0 Å². The lowest BCUT2D eigenvalue weighted by Crippen LogP contribution is -1.92. The zero-order chi connectivity index (χ0) is 6.81. The van der Waals surface area contributed by atoms with Gasteiger partial charge in [-0.25, -0.2) is 0 Å². The molecule has 0 saturated carbocycles. The first-order valence-corrected chi connectivity index (χ1v) is 3.94. The molecule has 1 nitrogen and oxygen atoms in total. The number of rotatable bonds is 0. The summed E-state index contributed by atoms with van der Waals surface area (Å²) in [6.45, 7) is 0. The zero-order valence-electron chi connectivity index (χ0n) is 5.29. The lowest BCUT2D eigenvalue weighted by molar-refractivity contribution is 1.40. The Morgan fingerprint density at radius 2 is 2.50 bits per heavy atom. The minimum atomic E-state index is 1.15. The largest absolute Gasteiger partial charge is 0.360 e. The van der Waals surface area contributed by atoms with E-state index in [4.69, 9.17) is 0 Å². The van der Waals surface area contributed by atoms with Crippen molar-refractivity contribution >= 4 is 17.4 Å². The summed E-state index contributed by atoms with van der Waals surface area (Å²) in [5, 5.41) is 5.14. The lowest BCUT2D eigenvalue weighted by atomic mass is 10.3. The molecule has 0 bridgehead atoms. The van der Waals surface area contributed by atoms with Gasteiger partial charge in [0.1, 0.15) is 0 Å². The average Bonchev–Trinajstić information content (AvgIpc) is 2.05. The van der Waals surface area contributed by atoms with Gasteiger partial charge in [0.15, 0.2) is 0 Å². The highest BCUT2D eigenvalue weighted by Crippen LogP contribution is 2.30. The molecule has 49 valence electrons. The minimum absolute atomic E-state index is 1.15. The van der Waals surface area contributed by atoms with E-state index in [1.54, 1.807) is 11.8 Å². The van der Waals surface area contributed by atoms with E-state index in [-0.39, 0.29) is 0 Å². The third-order valence-electron chi connectivity index (χ3n) is 1.31. The smallest absolute Gasteiger partial charge is 0.0527 e. The molecule has 0 amide bonds. The van der Waals surface area contributed by atoms with Gasteiger partial charge in [0.2, 0.25) is 0 Å². The monoisotopic (exact) mass is 148 g/mol. The van der Waals surface area contributed by atoms with Crippen molar-refractivity contribution in [3.63, 3.8) is 0 Å². The SMILES string of the molecule is [c]1cccc2c1SC=CN2. The molecule has 1 aliphatic rings. The lowest BCUT2D eigenvalue weighted by Gasteiger charge is -2.09. The molecule has 0 saturated heterocycles. The summed E-state index contributed by atoms with van der Waals surface area (Å²) in [6, 6.07) is 9.08. The van der Waals surface area contributed by atoms with Gasteiger partial charge in [-0.3, -0.25) is 0 Å². The molecule has 0 aliphatic carbocycles. The van der Waals surface area contributed by atoms with Gasteiger partial charge in [-0.1, -0.05) is 23.9 Å². The van der Waals surface area contributed by atoms with E-state index in [0.717, 1.165) is 5.69 Å². The van der Waals surface area contributed by atoms with Crippen LogP contribution in [0.1, 0.15) is 0 Å². The highest BCUT2D eigenvalue weighted by molar-refractivity contribution is 8.02. The van der Waals surface area contributed by atoms with E-state index in [0.29, 0.717) is 0 Å². The summed E-state index contributed by atoms with van der Waals surface area (Å²) < 4.78 is 0. The molecule has 1 N–H and O–H groups in total. The Hall–Kier alpha value is -0.890. The molecule has 10 heavy (non-hydrogen) atoms. The molecule has 0 atom stereocenters. The first-order chi connectivity index (χ1) is 4.97. The molecule has 0 spiro atoms. The molecule has 0 aromatic heterocycles. The van der Waals surface area contributed by atoms with Crippen LogP contribution in [0.3, 0.4) is 0 Å². The van der Waals surface area contributed by atoms with E-state index in [1.165, 1.54) is 4.90 Å². The summed E-state index contributed by atoms with van der Waals surface area (Å²) in [7, 11) is 0. The Morgan fingerprint density at radius 3 is 3.40 bits per heavy atom. The Morgan fingerprint density at radius 1 is 1.50 bits per heavy atom. The highest BCUT2D eigenvalue weighted by atomic mass is 32.2. The number of nitrogens with one attached hydrogen (secondary N) is 1. The van der Waals surface area contributed by atoms with E-state index in [2.05, 4.69) is 11.4 Å². The predicted molar refractivity (Wildman–Crippen MR) is 43.9 cm³/mol. The maximum atomic E-state index is 3.14.